The first kappa shape index (κ1) is 11.2. The van der Waals surface area contributed by atoms with Crippen LogP contribution in [0, 0.1) is 6.57 Å². The summed E-state index contributed by atoms with van der Waals surface area (Å²) in [5, 5.41) is 10.7. The van der Waals surface area contributed by atoms with Gasteiger partial charge in [0.25, 0.3) is 0 Å². The molecule has 0 heterocycles. The van der Waals surface area contributed by atoms with Crippen molar-refractivity contribution in [2.24, 2.45) is 0 Å². The zero-order valence-corrected chi connectivity index (χ0v) is 7.37. The van der Waals surface area contributed by atoms with Crippen molar-refractivity contribution in [3.8, 4) is 0 Å². The quantitative estimate of drug-likeness (QED) is 0.403. The van der Waals surface area contributed by atoms with Crippen molar-refractivity contribution in [1.29, 1.82) is 0 Å². The number of carboxylic acid groups (broad SMARTS) is 1. The highest BCUT2D eigenvalue weighted by molar-refractivity contribution is 5.86. The van der Waals surface area contributed by atoms with E-state index in [9.17, 15) is 9.59 Å². The molecule has 0 rings (SSSR count). The molecule has 0 saturated carbocycles. The van der Waals surface area contributed by atoms with Crippen LogP contribution in [-0.4, -0.2) is 29.1 Å². The first-order chi connectivity index (χ1) is 5.99. The summed E-state index contributed by atoms with van der Waals surface area (Å²) < 4.78 is 0. The van der Waals surface area contributed by atoms with E-state index in [1.54, 1.807) is 0 Å². The average Bonchev–Trinajstić information content (AvgIpc) is 2.04. The normalized spacial score (nSPS) is 13.6. The predicted octanol–water partition coefficient (Wildman–Crippen LogP) is -0.612. The largest absolute Gasteiger partial charge is 0.480 e. The molecule has 0 aromatic carbocycles. The highest BCUT2D eigenvalue weighted by Crippen LogP contribution is 1.86. The van der Waals surface area contributed by atoms with E-state index in [4.69, 9.17) is 11.7 Å². The summed E-state index contributed by atoms with van der Waals surface area (Å²) in [7, 11) is 0. The number of carbonyl (C=O) groups excluding carboxylic acids is 1. The van der Waals surface area contributed by atoms with Crippen molar-refractivity contribution in [1.82, 2.24) is 10.7 Å². The summed E-state index contributed by atoms with van der Waals surface area (Å²) in [5.74, 6) is -1.62. The molecule has 0 radical (unpaired) electrons. The molecule has 0 bridgehead atoms. The number of aliphatic carboxylic acids is 1. The Bertz CT molecular complexity index is 246. The zero-order chi connectivity index (χ0) is 10.4. The molecule has 13 heavy (non-hydrogen) atoms. The molecular weight excluding hydrogens is 174 g/mol. The van der Waals surface area contributed by atoms with E-state index in [1.165, 1.54) is 13.8 Å². The molecule has 72 valence electrons. The lowest BCUT2D eigenvalue weighted by molar-refractivity contribution is -0.141. The number of hydrogen-bond acceptors (Lipinski definition) is 3. The lowest BCUT2D eigenvalue weighted by atomic mass is 10.3. The molecule has 0 saturated heterocycles. The standard InChI is InChI=1S/C7H11N3O3/c1-4(10-8-3)6(11)9-5(2)7(12)13/h4-5,10H,1-2H3,(H,9,11)(H,12,13)/t4-,5+/m1/s1. The van der Waals surface area contributed by atoms with Crippen molar-refractivity contribution in [2.75, 3.05) is 0 Å². The van der Waals surface area contributed by atoms with Gasteiger partial charge in [-0.05, 0) is 13.8 Å². The van der Waals surface area contributed by atoms with E-state index in [0.29, 0.717) is 0 Å². The van der Waals surface area contributed by atoms with Gasteiger partial charge in [0.1, 0.15) is 6.04 Å². The summed E-state index contributed by atoms with van der Waals surface area (Å²) in [6, 6.07) is -1.65. The fraction of sp³-hybridized carbons (Fsp3) is 0.571. The third kappa shape index (κ3) is 3.96. The van der Waals surface area contributed by atoms with Crippen LogP contribution in [0.15, 0.2) is 0 Å². The van der Waals surface area contributed by atoms with Crippen LogP contribution in [0.25, 0.3) is 4.95 Å². The van der Waals surface area contributed by atoms with Gasteiger partial charge in [-0.1, -0.05) is 0 Å². The fourth-order valence-corrected chi connectivity index (χ4v) is 0.556. The van der Waals surface area contributed by atoms with Gasteiger partial charge >= 0.3 is 5.97 Å². The van der Waals surface area contributed by atoms with Crippen LogP contribution in [-0.2, 0) is 9.59 Å². The highest BCUT2D eigenvalue weighted by Gasteiger charge is 2.19. The second-order valence-electron chi connectivity index (χ2n) is 2.53. The lowest BCUT2D eigenvalue weighted by Crippen LogP contribution is -2.46. The monoisotopic (exact) mass is 185 g/mol. The van der Waals surface area contributed by atoms with E-state index in [0.717, 1.165) is 0 Å². The van der Waals surface area contributed by atoms with Gasteiger partial charge < -0.3 is 10.4 Å². The molecule has 0 aliphatic carbocycles. The number of nitrogens with one attached hydrogen (secondary N) is 2. The Morgan fingerprint density at radius 2 is 1.92 bits per heavy atom. The van der Waals surface area contributed by atoms with Crippen molar-refractivity contribution >= 4 is 11.9 Å². The summed E-state index contributed by atoms with van der Waals surface area (Å²) in [5.41, 5.74) is 2.18. The number of carboxylic acids is 1. The van der Waals surface area contributed by atoms with Gasteiger partial charge in [-0.2, -0.15) is 11.5 Å². The van der Waals surface area contributed by atoms with Gasteiger partial charge in [0, 0.05) is 0 Å². The van der Waals surface area contributed by atoms with E-state index in [2.05, 4.69) is 15.7 Å². The topological polar surface area (TPSA) is 82.8 Å². The third-order valence-corrected chi connectivity index (χ3v) is 1.38. The minimum absolute atomic E-state index is 0.508. The number of amides is 1. The van der Waals surface area contributed by atoms with E-state index in [1.807, 2.05) is 0 Å². The van der Waals surface area contributed by atoms with E-state index >= 15 is 0 Å². The van der Waals surface area contributed by atoms with Gasteiger partial charge in [0.2, 0.25) is 5.91 Å². The molecule has 0 unspecified atom stereocenters. The van der Waals surface area contributed by atoms with Crippen molar-refractivity contribution in [3.05, 3.63) is 11.5 Å². The first-order valence-corrected chi connectivity index (χ1v) is 3.64. The fourth-order valence-electron chi connectivity index (χ4n) is 0.556. The van der Waals surface area contributed by atoms with Gasteiger partial charge in [-0.25, -0.2) is 0 Å². The second kappa shape index (κ2) is 4.98. The number of carbonyl (C=O) groups is 2. The minimum Gasteiger partial charge on any atom is -0.480 e. The SMILES string of the molecule is [C-]#[N+]N[C@H](C)C(=O)N[C@@H](C)C(=O)O. The Labute approximate surface area is 75.7 Å². The lowest BCUT2D eigenvalue weighted by Gasteiger charge is -2.10. The van der Waals surface area contributed by atoms with Gasteiger partial charge in [0.15, 0.2) is 6.04 Å². The summed E-state index contributed by atoms with van der Waals surface area (Å²) in [4.78, 5) is 24.2. The smallest absolute Gasteiger partial charge is 0.325 e. The molecule has 0 fully saturated rings. The Kier molecular flexibility index (Phi) is 4.30. The number of rotatable bonds is 4. The summed E-state index contributed by atoms with van der Waals surface area (Å²) in [6.07, 6.45) is 0. The van der Waals surface area contributed by atoms with Crippen LogP contribution in [0.1, 0.15) is 13.8 Å². The van der Waals surface area contributed by atoms with Crippen molar-refractivity contribution in [3.63, 3.8) is 0 Å². The maximum absolute atomic E-state index is 11.1. The van der Waals surface area contributed by atoms with Gasteiger partial charge in [0.05, 0.1) is 0 Å². The van der Waals surface area contributed by atoms with Crippen LogP contribution in [0.5, 0.6) is 0 Å². The third-order valence-electron chi connectivity index (χ3n) is 1.38. The van der Waals surface area contributed by atoms with Gasteiger partial charge in [-0.15, -0.1) is 5.43 Å². The molecule has 6 nitrogen and oxygen atoms in total. The molecule has 0 aliphatic rings. The van der Waals surface area contributed by atoms with Crippen molar-refractivity contribution in [2.45, 2.75) is 25.9 Å². The summed E-state index contributed by atoms with van der Waals surface area (Å²) >= 11 is 0. The Hall–Kier alpha value is -1.77. The summed E-state index contributed by atoms with van der Waals surface area (Å²) in [6.45, 7) is 9.24. The molecule has 0 aromatic heterocycles. The van der Waals surface area contributed by atoms with Crippen LogP contribution < -0.4 is 10.7 Å². The van der Waals surface area contributed by atoms with Crippen LogP contribution >= 0.6 is 0 Å². The van der Waals surface area contributed by atoms with Crippen molar-refractivity contribution < 1.29 is 14.7 Å². The minimum atomic E-state index is -1.11. The number of hydrogen-bond donors (Lipinski definition) is 3. The molecule has 1 amide bonds. The highest BCUT2D eigenvalue weighted by atomic mass is 16.4. The molecular formula is C7H11N3O3. The van der Waals surface area contributed by atoms with Gasteiger partial charge in [-0.3, -0.25) is 9.59 Å². The zero-order valence-electron chi connectivity index (χ0n) is 7.37. The average molecular weight is 185 g/mol. The Morgan fingerprint density at radius 1 is 1.38 bits per heavy atom. The first-order valence-electron chi connectivity index (χ1n) is 3.64. The molecule has 3 N–H and O–H groups in total. The van der Waals surface area contributed by atoms with Crippen LogP contribution in [0.2, 0.25) is 0 Å². The van der Waals surface area contributed by atoms with E-state index in [-0.39, 0.29) is 0 Å². The maximum Gasteiger partial charge on any atom is 0.325 e. The maximum atomic E-state index is 11.1. The number of nitrogens with zero attached hydrogens (tertiary/aromatic N) is 1. The molecule has 0 aromatic rings. The van der Waals surface area contributed by atoms with Crippen LogP contribution in [0.3, 0.4) is 0 Å². The molecule has 0 aliphatic heterocycles. The second-order valence-corrected chi connectivity index (χ2v) is 2.53. The molecule has 2 atom stereocenters. The molecule has 0 spiro atoms. The van der Waals surface area contributed by atoms with E-state index < -0.39 is 24.0 Å². The Balaban J connectivity index is 4.01. The Morgan fingerprint density at radius 3 is 2.31 bits per heavy atom. The predicted molar refractivity (Wildman–Crippen MR) is 44.4 cm³/mol. The molecule has 6 heteroatoms. The van der Waals surface area contributed by atoms with Crippen LogP contribution in [0.4, 0.5) is 0 Å².